The zero-order chi connectivity index (χ0) is 22.5. The number of hydrogen-bond acceptors (Lipinski definition) is 6. The molecule has 8 nitrogen and oxygen atoms in total. The van der Waals surface area contributed by atoms with E-state index in [9.17, 15) is 4.79 Å². The molecule has 0 radical (unpaired) electrons. The Morgan fingerprint density at radius 1 is 1.16 bits per heavy atom. The van der Waals surface area contributed by atoms with E-state index >= 15 is 0 Å². The summed E-state index contributed by atoms with van der Waals surface area (Å²) in [5.74, 6) is 0.704. The third kappa shape index (κ3) is 4.00. The Hall–Kier alpha value is -2.48. The van der Waals surface area contributed by atoms with Gasteiger partial charge in [0, 0.05) is 24.4 Å². The highest BCUT2D eigenvalue weighted by Crippen LogP contribution is 2.44. The number of piperidine rings is 1. The van der Waals surface area contributed by atoms with E-state index in [-0.39, 0.29) is 24.4 Å². The summed E-state index contributed by atoms with van der Waals surface area (Å²) < 4.78 is 13.6. The summed E-state index contributed by atoms with van der Waals surface area (Å²) in [6.45, 7) is 8.43. The monoisotopic (exact) mass is 439 g/mol. The summed E-state index contributed by atoms with van der Waals surface area (Å²) in [5, 5.41) is 4.85. The minimum absolute atomic E-state index is 0.00157. The highest BCUT2D eigenvalue weighted by atomic mass is 16.6. The molecular weight excluding hydrogens is 406 g/mol. The third-order valence-corrected chi connectivity index (χ3v) is 6.56. The predicted octanol–water partition coefficient (Wildman–Crippen LogP) is 4.73. The fourth-order valence-electron chi connectivity index (χ4n) is 5.24. The summed E-state index contributed by atoms with van der Waals surface area (Å²) >= 11 is 0. The molecule has 0 aromatic carbocycles. The second-order valence-electron chi connectivity index (χ2n) is 10.2. The average molecular weight is 440 g/mol. The lowest BCUT2D eigenvalue weighted by Crippen LogP contribution is -2.51. The van der Waals surface area contributed by atoms with E-state index in [4.69, 9.17) is 24.5 Å². The van der Waals surface area contributed by atoms with Crippen molar-refractivity contribution in [3.63, 3.8) is 0 Å². The Bertz CT molecular complexity index is 1010. The number of ether oxygens (including phenoxy) is 2. The van der Waals surface area contributed by atoms with Crippen LogP contribution in [0.25, 0.3) is 11.4 Å². The van der Waals surface area contributed by atoms with Gasteiger partial charge in [0.1, 0.15) is 23.3 Å². The molecule has 1 unspecified atom stereocenters. The summed E-state index contributed by atoms with van der Waals surface area (Å²) in [4.78, 5) is 24.7. The molecule has 8 heteroatoms. The lowest BCUT2D eigenvalue weighted by atomic mass is 9.82. The third-order valence-electron chi connectivity index (χ3n) is 6.56. The Morgan fingerprint density at radius 2 is 2.00 bits per heavy atom. The second-order valence-corrected chi connectivity index (χ2v) is 10.2. The van der Waals surface area contributed by atoms with Gasteiger partial charge >= 0.3 is 6.09 Å². The summed E-state index contributed by atoms with van der Waals surface area (Å²) in [6.07, 6.45) is 8.67. The Kier molecular flexibility index (Phi) is 5.43. The molecule has 2 bridgehead atoms. The molecule has 2 aromatic heterocycles. The van der Waals surface area contributed by atoms with Crippen molar-refractivity contribution in [2.45, 2.75) is 96.6 Å². The van der Waals surface area contributed by atoms with E-state index in [1.807, 2.05) is 49.5 Å². The van der Waals surface area contributed by atoms with Crippen LogP contribution in [0.2, 0.25) is 0 Å². The van der Waals surface area contributed by atoms with Crippen molar-refractivity contribution < 1.29 is 14.3 Å². The number of rotatable bonds is 2. The van der Waals surface area contributed by atoms with Gasteiger partial charge < -0.3 is 9.47 Å². The molecule has 1 amide bonds. The lowest BCUT2D eigenvalue weighted by molar-refractivity contribution is -0.0393. The lowest BCUT2D eigenvalue weighted by Gasteiger charge is -2.46. The van der Waals surface area contributed by atoms with Crippen LogP contribution in [0.5, 0.6) is 0 Å². The van der Waals surface area contributed by atoms with Gasteiger partial charge in [-0.15, -0.1) is 0 Å². The van der Waals surface area contributed by atoms with Crippen LogP contribution in [0.1, 0.15) is 88.6 Å². The fourth-order valence-corrected chi connectivity index (χ4v) is 5.24. The molecule has 2 aromatic rings. The number of aryl methyl sites for hydroxylation is 1. The first-order valence-corrected chi connectivity index (χ1v) is 11.9. The standard InChI is InChI=1S/C24H33N5O3/c1-15-25-21(18-11-12-28(27-18)20-10-5-6-13-31-20)17-14-16-8-7-9-19(22(17)26-15)29(16)23(30)32-24(2,3)4/h11-12,16,19-20H,5-10,13-14H2,1-4H3/t16-,19+,20?/m0/s1. The SMILES string of the molecule is Cc1nc(-c2ccn(C3CCCCO3)n2)c2c(n1)[C@H]1CCC[C@@H](C2)N1C(=O)OC(C)(C)C. The zero-order valence-corrected chi connectivity index (χ0v) is 19.5. The van der Waals surface area contributed by atoms with E-state index in [1.165, 1.54) is 0 Å². The van der Waals surface area contributed by atoms with E-state index in [0.717, 1.165) is 74.2 Å². The van der Waals surface area contributed by atoms with Gasteiger partial charge in [0.05, 0.1) is 17.4 Å². The fraction of sp³-hybridized carbons (Fsp3) is 0.667. The van der Waals surface area contributed by atoms with Crippen LogP contribution < -0.4 is 0 Å². The number of amides is 1. The van der Waals surface area contributed by atoms with Crippen LogP contribution >= 0.6 is 0 Å². The van der Waals surface area contributed by atoms with Gasteiger partial charge in [0.15, 0.2) is 0 Å². The normalized spacial score (nSPS) is 25.4. The van der Waals surface area contributed by atoms with Crippen LogP contribution in [0, 0.1) is 6.92 Å². The summed E-state index contributed by atoms with van der Waals surface area (Å²) in [5.41, 5.74) is 3.30. The minimum Gasteiger partial charge on any atom is -0.444 e. The van der Waals surface area contributed by atoms with Gasteiger partial charge in [-0.3, -0.25) is 4.90 Å². The quantitative estimate of drug-likeness (QED) is 0.672. The molecule has 2 fully saturated rings. The smallest absolute Gasteiger partial charge is 0.411 e. The maximum atomic E-state index is 13.1. The number of hydrogen-bond donors (Lipinski definition) is 0. The molecule has 3 aliphatic heterocycles. The van der Waals surface area contributed by atoms with Crippen molar-refractivity contribution in [3.05, 3.63) is 29.3 Å². The Morgan fingerprint density at radius 3 is 2.75 bits per heavy atom. The number of carbonyl (C=O) groups excluding carboxylic acids is 1. The molecular formula is C24H33N5O3. The van der Waals surface area contributed by atoms with Gasteiger partial charge in [-0.1, -0.05) is 0 Å². The van der Waals surface area contributed by atoms with Gasteiger partial charge in [0.2, 0.25) is 0 Å². The van der Waals surface area contributed by atoms with Crippen LogP contribution in [0.3, 0.4) is 0 Å². The molecule has 0 saturated carbocycles. The van der Waals surface area contributed by atoms with Crippen molar-refractivity contribution in [2.24, 2.45) is 0 Å². The first-order chi connectivity index (χ1) is 15.3. The number of fused-ring (bicyclic) bond motifs is 4. The Labute approximate surface area is 189 Å². The highest BCUT2D eigenvalue weighted by Gasteiger charge is 2.44. The minimum atomic E-state index is -0.521. The highest BCUT2D eigenvalue weighted by molar-refractivity contribution is 5.71. The summed E-state index contributed by atoms with van der Waals surface area (Å²) in [7, 11) is 0. The van der Waals surface area contributed by atoms with Crippen LogP contribution in [0.15, 0.2) is 12.3 Å². The van der Waals surface area contributed by atoms with Crippen LogP contribution in [-0.4, -0.2) is 49.0 Å². The first-order valence-electron chi connectivity index (χ1n) is 11.9. The van der Waals surface area contributed by atoms with Crippen LogP contribution in [0.4, 0.5) is 4.79 Å². The van der Waals surface area contributed by atoms with Crippen molar-refractivity contribution >= 4 is 6.09 Å². The maximum Gasteiger partial charge on any atom is 0.411 e. The Balaban J connectivity index is 1.50. The summed E-state index contributed by atoms with van der Waals surface area (Å²) in [6, 6.07) is 2.05. The molecule has 0 aliphatic carbocycles. The molecule has 5 heterocycles. The molecule has 3 aliphatic rings. The molecule has 2 saturated heterocycles. The molecule has 0 spiro atoms. The van der Waals surface area contributed by atoms with Gasteiger partial charge in [-0.2, -0.15) is 5.10 Å². The maximum absolute atomic E-state index is 13.1. The molecule has 3 atom stereocenters. The first kappa shape index (κ1) is 21.4. The van der Waals surface area contributed by atoms with Gasteiger partial charge in [-0.05, 0) is 78.7 Å². The number of carbonyl (C=O) groups is 1. The largest absolute Gasteiger partial charge is 0.444 e. The number of nitrogens with zero attached hydrogens (tertiary/aromatic N) is 5. The zero-order valence-electron chi connectivity index (χ0n) is 19.5. The van der Waals surface area contributed by atoms with E-state index in [2.05, 4.69) is 0 Å². The van der Waals surface area contributed by atoms with Crippen molar-refractivity contribution in [1.82, 2.24) is 24.6 Å². The van der Waals surface area contributed by atoms with E-state index in [0.29, 0.717) is 5.82 Å². The number of aromatic nitrogens is 4. The molecule has 5 rings (SSSR count). The molecule has 32 heavy (non-hydrogen) atoms. The van der Waals surface area contributed by atoms with E-state index in [1.54, 1.807) is 0 Å². The second kappa shape index (κ2) is 8.14. The van der Waals surface area contributed by atoms with Crippen molar-refractivity contribution in [1.29, 1.82) is 0 Å². The van der Waals surface area contributed by atoms with Crippen molar-refractivity contribution in [3.8, 4) is 11.4 Å². The average Bonchev–Trinajstić information content (AvgIpc) is 3.23. The van der Waals surface area contributed by atoms with Gasteiger partial charge in [-0.25, -0.2) is 19.4 Å². The van der Waals surface area contributed by atoms with E-state index < -0.39 is 5.60 Å². The van der Waals surface area contributed by atoms with Crippen molar-refractivity contribution in [2.75, 3.05) is 6.61 Å². The van der Waals surface area contributed by atoms with Crippen LogP contribution in [-0.2, 0) is 15.9 Å². The predicted molar refractivity (Wildman–Crippen MR) is 119 cm³/mol. The topological polar surface area (TPSA) is 82.4 Å². The molecule has 172 valence electrons. The van der Waals surface area contributed by atoms with Gasteiger partial charge in [0.25, 0.3) is 0 Å². The molecule has 0 N–H and O–H groups in total.